The highest BCUT2D eigenvalue weighted by Gasteiger charge is 2.03. The van der Waals surface area contributed by atoms with Crippen molar-refractivity contribution >= 4 is 5.91 Å². The second kappa shape index (κ2) is 6.27. The molecular formula is C11H20N4O. The van der Waals surface area contributed by atoms with E-state index in [-0.39, 0.29) is 5.91 Å². The number of aromatic nitrogens is 2. The molecule has 0 radical (unpaired) electrons. The molecular weight excluding hydrogens is 204 g/mol. The molecule has 0 bridgehead atoms. The minimum absolute atomic E-state index is 0.0305. The summed E-state index contributed by atoms with van der Waals surface area (Å²) in [6, 6.07) is 0. The first-order chi connectivity index (χ1) is 7.59. The standard InChI is InChI=1S/C11H20N4O/c1-9(2)6-14-11(16)8-12-7-10-13-4-5-15(10)3/h4-5,9,12H,6-8H2,1-3H3,(H,14,16). The fourth-order valence-electron chi connectivity index (χ4n) is 1.24. The van der Waals surface area contributed by atoms with E-state index in [1.54, 1.807) is 6.20 Å². The Morgan fingerprint density at radius 2 is 2.31 bits per heavy atom. The number of nitrogens with zero attached hydrogens (tertiary/aromatic N) is 2. The average molecular weight is 224 g/mol. The van der Waals surface area contributed by atoms with Gasteiger partial charge in [0.1, 0.15) is 5.82 Å². The van der Waals surface area contributed by atoms with E-state index in [2.05, 4.69) is 29.5 Å². The van der Waals surface area contributed by atoms with Gasteiger partial charge >= 0.3 is 0 Å². The molecule has 1 rings (SSSR count). The zero-order chi connectivity index (χ0) is 12.0. The van der Waals surface area contributed by atoms with Gasteiger partial charge in [-0.15, -0.1) is 0 Å². The number of nitrogens with one attached hydrogen (secondary N) is 2. The number of carbonyl (C=O) groups excluding carboxylic acids is 1. The zero-order valence-corrected chi connectivity index (χ0v) is 10.2. The smallest absolute Gasteiger partial charge is 0.233 e. The number of rotatable bonds is 6. The number of carbonyl (C=O) groups is 1. The summed E-state index contributed by atoms with van der Waals surface area (Å²) in [7, 11) is 1.93. The van der Waals surface area contributed by atoms with Crippen LogP contribution in [0.2, 0.25) is 0 Å². The van der Waals surface area contributed by atoms with Gasteiger partial charge in [-0.2, -0.15) is 0 Å². The highest BCUT2D eigenvalue weighted by molar-refractivity contribution is 5.77. The number of amides is 1. The molecule has 1 aromatic rings. The van der Waals surface area contributed by atoms with Crippen LogP contribution in [0.15, 0.2) is 12.4 Å². The van der Waals surface area contributed by atoms with E-state index >= 15 is 0 Å². The molecule has 0 spiro atoms. The number of hydrogen-bond acceptors (Lipinski definition) is 3. The lowest BCUT2D eigenvalue weighted by atomic mass is 10.2. The molecule has 0 saturated carbocycles. The maximum Gasteiger partial charge on any atom is 0.233 e. The summed E-state index contributed by atoms with van der Waals surface area (Å²) in [6.45, 7) is 5.81. The Kier molecular flexibility index (Phi) is 4.98. The van der Waals surface area contributed by atoms with Gasteiger partial charge in [-0.1, -0.05) is 13.8 Å². The predicted molar refractivity (Wildman–Crippen MR) is 62.8 cm³/mol. The van der Waals surface area contributed by atoms with Crippen molar-refractivity contribution in [1.82, 2.24) is 20.2 Å². The monoisotopic (exact) mass is 224 g/mol. The van der Waals surface area contributed by atoms with Crippen LogP contribution in [0.5, 0.6) is 0 Å². The minimum Gasteiger partial charge on any atom is -0.355 e. The lowest BCUT2D eigenvalue weighted by Gasteiger charge is -2.08. The number of hydrogen-bond donors (Lipinski definition) is 2. The van der Waals surface area contributed by atoms with Crippen LogP contribution in [0.3, 0.4) is 0 Å². The van der Waals surface area contributed by atoms with Gasteiger partial charge in [-0.25, -0.2) is 4.98 Å². The predicted octanol–water partition coefficient (Wildman–Crippen LogP) is 0.282. The fraction of sp³-hybridized carbons (Fsp3) is 0.636. The highest BCUT2D eigenvalue weighted by atomic mass is 16.1. The second-order valence-electron chi connectivity index (χ2n) is 4.26. The quantitative estimate of drug-likeness (QED) is 0.730. The molecule has 0 unspecified atom stereocenters. The van der Waals surface area contributed by atoms with Crippen LogP contribution in [0, 0.1) is 5.92 Å². The molecule has 5 heteroatoms. The van der Waals surface area contributed by atoms with Gasteiger partial charge < -0.3 is 15.2 Å². The van der Waals surface area contributed by atoms with E-state index in [9.17, 15) is 4.79 Å². The van der Waals surface area contributed by atoms with E-state index in [0.29, 0.717) is 19.0 Å². The summed E-state index contributed by atoms with van der Waals surface area (Å²) in [5.41, 5.74) is 0. The Hall–Kier alpha value is -1.36. The SMILES string of the molecule is CC(C)CNC(=O)CNCc1nccn1C. The summed E-state index contributed by atoms with van der Waals surface area (Å²) >= 11 is 0. The molecule has 0 aliphatic heterocycles. The van der Waals surface area contributed by atoms with Gasteiger partial charge in [-0.05, 0) is 5.92 Å². The van der Waals surface area contributed by atoms with Crippen LogP contribution in [0.4, 0.5) is 0 Å². The Balaban J connectivity index is 2.16. The van der Waals surface area contributed by atoms with Crippen molar-refractivity contribution < 1.29 is 4.79 Å². The molecule has 0 fully saturated rings. The lowest BCUT2D eigenvalue weighted by molar-refractivity contribution is -0.120. The van der Waals surface area contributed by atoms with Crippen molar-refractivity contribution in [3.05, 3.63) is 18.2 Å². The van der Waals surface area contributed by atoms with Crippen LogP contribution in [0.25, 0.3) is 0 Å². The van der Waals surface area contributed by atoms with E-state index in [1.165, 1.54) is 0 Å². The van der Waals surface area contributed by atoms with Crippen molar-refractivity contribution in [2.24, 2.45) is 13.0 Å². The summed E-state index contributed by atoms with van der Waals surface area (Å²) < 4.78 is 1.93. The van der Waals surface area contributed by atoms with Gasteiger partial charge in [0.05, 0.1) is 13.1 Å². The van der Waals surface area contributed by atoms with Crippen LogP contribution < -0.4 is 10.6 Å². The third-order valence-corrected chi connectivity index (χ3v) is 2.20. The summed E-state index contributed by atoms with van der Waals surface area (Å²) in [6.07, 6.45) is 3.63. The maximum atomic E-state index is 11.4. The van der Waals surface area contributed by atoms with Crippen LogP contribution in [0.1, 0.15) is 19.7 Å². The Bertz CT molecular complexity index is 332. The van der Waals surface area contributed by atoms with Crippen LogP contribution in [-0.4, -0.2) is 28.5 Å². The van der Waals surface area contributed by atoms with E-state index < -0.39 is 0 Å². The third-order valence-electron chi connectivity index (χ3n) is 2.20. The summed E-state index contributed by atoms with van der Waals surface area (Å²) in [5, 5.41) is 5.90. The van der Waals surface area contributed by atoms with Crippen molar-refractivity contribution in [2.75, 3.05) is 13.1 Å². The molecule has 0 atom stereocenters. The van der Waals surface area contributed by atoms with E-state index in [4.69, 9.17) is 0 Å². The first kappa shape index (κ1) is 12.7. The Morgan fingerprint density at radius 3 is 2.88 bits per heavy atom. The summed E-state index contributed by atoms with van der Waals surface area (Å²) in [4.78, 5) is 15.5. The fourth-order valence-corrected chi connectivity index (χ4v) is 1.24. The first-order valence-corrected chi connectivity index (χ1v) is 5.53. The normalized spacial score (nSPS) is 10.8. The molecule has 1 aromatic heterocycles. The van der Waals surface area contributed by atoms with Crippen LogP contribution in [-0.2, 0) is 18.4 Å². The number of imidazole rings is 1. The van der Waals surface area contributed by atoms with Crippen molar-refractivity contribution in [2.45, 2.75) is 20.4 Å². The van der Waals surface area contributed by atoms with E-state index in [0.717, 1.165) is 12.4 Å². The van der Waals surface area contributed by atoms with E-state index in [1.807, 2.05) is 17.8 Å². The molecule has 1 amide bonds. The first-order valence-electron chi connectivity index (χ1n) is 5.53. The van der Waals surface area contributed by atoms with Crippen molar-refractivity contribution in [1.29, 1.82) is 0 Å². The lowest BCUT2D eigenvalue weighted by Crippen LogP contribution is -2.35. The molecule has 0 saturated heterocycles. The van der Waals surface area contributed by atoms with Gasteiger partial charge in [0.25, 0.3) is 0 Å². The van der Waals surface area contributed by atoms with Crippen molar-refractivity contribution in [3.63, 3.8) is 0 Å². The molecule has 5 nitrogen and oxygen atoms in total. The van der Waals surface area contributed by atoms with Gasteiger partial charge in [0.15, 0.2) is 0 Å². The zero-order valence-electron chi connectivity index (χ0n) is 10.2. The highest BCUT2D eigenvalue weighted by Crippen LogP contribution is 1.92. The van der Waals surface area contributed by atoms with Gasteiger partial charge in [0.2, 0.25) is 5.91 Å². The third kappa shape index (κ3) is 4.44. The molecule has 0 aliphatic rings. The molecule has 1 heterocycles. The van der Waals surface area contributed by atoms with Crippen molar-refractivity contribution in [3.8, 4) is 0 Å². The Morgan fingerprint density at radius 1 is 1.56 bits per heavy atom. The summed E-state index contributed by atoms with van der Waals surface area (Å²) in [5.74, 6) is 1.44. The molecule has 90 valence electrons. The largest absolute Gasteiger partial charge is 0.355 e. The second-order valence-corrected chi connectivity index (χ2v) is 4.26. The van der Waals surface area contributed by atoms with Gasteiger partial charge in [-0.3, -0.25) is 4.79 Å². The molecule has 16 heavy (non-hydrogen) atoms. The van der Waals surface area contributed by atoms with Crippen LogP contribution >= 0.6 is 0 Å². The minimum atomic E-state index is 0.0305. The van der Waals surface area contributed by atoms with Gasteiger partial charge in [0, 0.05) is 26.0 Å². The Labute approximate surface area is 96.3 Å². The number of aryl methyl sites for hydroxylation is 1. The topological polar surface area (TPSA) is 59.0 Å². The maximum absolute atomic E-state index is 11.4. The molecule has 0 aliphatic carbocycles. The average Bonchev–Trinajstić information content (AvgIpc) is 2.61. The molecule has 0 aromatic carbocycles. The molecule has 2 N–H and O–H groups in total.